The molecule has 0 aliphatic heterocycles. The monoisotopic (exact) mass is 168 g/mol. The van der Waals surface area contributed by atoms with E-state index in [1.165, 1.54) is 6.26 Å². The third-order valence-electron chi connectivity index (χ3n) is 1.65. The lowest BCUT2D eigenvalue weighted by molar-refractivity contribution is 0.415. The number of hydrogen-bond donors (Lipinski definition) is 1. The van der Waals surface area contributed by atoms with Gasteiger partial charge in [-0.15, -0.1) is 0 Å². The van der Waals surface area contributed by atoms with Gasteiger partial charge in [0.25, 0.3) is 0 Å². The highest BCUT2D eigenvalue weighted by Crippen LogP contribution is 2.19. The Hall–Kier alpha value is -1.25. The SMILES string of the molecule is CC(C)(C)c1cocc(O)c1=O. The van der Waals surface area contributed by atoms with Crippen LogP contribution in [-0.2, 0) is 5.41 Å². The van der Waals surface area contributed by atoms with E-state index in [4.69, 9.17) is 9.52 Å². The van der Waals surface area contributed by atoms with Crippen molar-refractivity contribution >= 4 is 0 Å². The van der Waals surface area contributed by atoms with Crippen LogP contribution >= 0.6 is 0 Å². The van der Waals surface area contributed by atoms with E-state index >= 15 is 0 Å². The molecule has 0 bridgehead atoms. The molecule has 66 valence electrons. The average molecular weight is 168 g/mol. The van der Waals surface area contributed by atoms with Crippen molar-refractivity contribution in [1.82, 2.24) is 0 Å². The highest BCUT2D eigenvalue weighted by molar-refractivity contribution is 5.25. The molecule has 1 aromatic heterocycles. The van der Waals surface area contributed by atoms with Gasteiger partial charge in [0.1, 0.15) is 6.26 Å². The standard InChI is InChI=1S/C9H12O3/c1-9(2,3)6-4-12-5-7(10)8(6)11/h4-5,10H,1-3H3. The van der Waals surface area contributed by atoms with E-state index in [9.17, 15) is 4.79 Å². The third kappa shape index (κ3) is 1.49. The molecule has 0 spiro atoms. The van der Waals surface area contributed by atoms with Crippen LogP contribution in [0.1, 0.15) is 26.3 Å². The lowest BCUT2D eigenvalue weighted by atomic mass is 9.88. The van der Waals surface area contributed by atoms with Gasteiger partial charge >= 0.3 is 0 Å². The molecule has 12 heavy (non-hydrogen) atoms. The van der Waals surface area contributed by atoms with E-state index in [1.807, 2.05) is 20.8 Å². The second kappa shape index (κ2) is 2.66. The summed E-state index contributed by atoms with van der Waals surface area (Å²) in [6.07, 6.45) is 2.42. The van der Waals surface area contributed by atoms with Gasteiger partial charge in [0.05, 0.1) is 6.26 Å². The first-order valence-electron chi connectivity index (χ1n) is 3.73. The van der Waals surface area contributed by atoms with Gasteiger partial charge in [-0.1, -0.05) is 20.8 Å². The number of aromatic hydroxyl groups is 1. The number of hydrogen-bond acceptors (Lipinski definition) is 3. The van der Waals surface area contributed by atoms with Crippen LogP contribution in [0.4, 0.5) is 0 Å². The Labute approximate surface area is 70.7 Å². The highest BCUT2D eigenvalue weighted by atomic mass is 16.3. The highest BCUT2D eigenvalue weighted by Gasteiger charge is 2.19. The molecule has 3 nitrogen and oxygen atoms in total. The molecular weight excluding hydrogens is 156 g/mol. The Bertz CT molecular complexity index is 330. The molecule has 1 heterocycles. The summed E-state index contributed by atoms with van der Waals surface area (Å²) in [4.78, 5) is 11.3. The first-order chi connectivity index (χ1) is 5.43. The van der Waals surface area contributed by atoms with Gasteiger partial charge in [-0.05, 0) is 5.41 Å². The van der Waals surface area contributed by atoms with Crippen LogP contribution in [0.2, 0.25) is 0 Å². The maximum Gasteiger partial charge on any atom is 0.230 e. The van der Waals surface area contributed by atoms with Crippen LogP contribution < -0.4 is 5.43 Å². The molecule has 0 unspecified atom stereocenters. The molecule has 0 saturated carbocycles. The van der Waals surface area contributed by atoms with Crippen molar-refractivity contribution in [2.45, 2.75) is 26.2 Å². The summed E-state index contributed by atoms with van der Waals surface area (Å²) >= 11 is 0. The number of rotatable bonds is 0. The van der Waals surface area contributed by atoms with Gasteiger partial charge in [-0.25, -0.2) is 0 Å². The topological polar surface area (TPSA) is 50.4 Å². The van der Waals surface area contributed by atoms with Gasteiger partial charge in [0, 0.05) is 5.56 Å². The Morgan fingerprint density at radius 2 is 1.92 bits per heavy atom. The van der Waals surface area contributed by atoms with Crippen molar-refractivity contribution in [3.8, 4) is 5.75 Å². The molecular formula is C9H12O3. The molecule has 0 aliphatic rings. The normalized spacial score (nSPS) is 11.6. The quantitative estimate of drug-likeness (QED) is 0.640. The molecule has 0 aliphatic carbocycles. The lowest BCUT2D eigenvalue weighted by Crippen LogP contribution is -2.21. The maximum atomic E-state index is 11.3. The molecule has 0 radical (unpaired) electrons. The maximum absolute atomic E-state index is 11.3. The van der Waals surface area contributed by atoms with Gasteiger partial charge < -0.3 is 9.52 Å². The summed E-state index contributed by atoms with van der Waals surface area (Å²) in [7, 11) is 0. The molecule has 0 fully saturated rings. The summed E-state index contributed by atoms with van der Waals surface area (Å²) in [5.74, 6) is -0.331. The lowest BCUT2D eigenvalue weighted by Gasteiger charge is -2.16. The predicted octanol–water partition coefficient (Wildman–Crippen LogP) is 1.64. The van der Waals surface area contributed by atoms with Crippen molar-refractivity contribution in [3.05, 3.63) is 28.3 Å². The zero-order chi connectivity index (χ0) is 9.35. The molecule has 0 aromatic carbocycles. The molecule has 0 amide bonds. The van der Waals surface area contributed by atoms with Crippen LogP contribution in [0.5, 0.6) is 5.75 Å². The molecule has 0 saturated heterocycles. The molecule has 1 aromatic rings. The minimum Gasteiger partial charge on any atom is -0.502 e. The smallest absolute Gasteiger partial charge is 0.230 e. The van der Waals surface area contributed by atoms with Crippen LogP contribution in [0.25, 0.3) is 0 Å². The molecule has 0 atom stereocenters. The van der Waals surface area contributed by atoms with Crippen molar-refractivity contribution in [1.29, 1.82) is 0 Å². The van der Waals surface area contributed by atoms with Crippen LogP contribution in [0.3, 0.4) is 0 Å². The van der Waals surface area contributed by atoms with E-state index in [-0.39, 0.29) is 16.6 Å². The Kier molecular flexibility index (Phi) is 1.96. The van der Waals surface area contributed by atoms with Crippen molar-refractivity contribution in [2.24, 2.45) is 0 Å². The minimum atomic E-state index is -0.353. The fourth-order valence-electron chi connectivity index (χ4n) is 0.929. The van der Waals surface area contributed by atoms with Gasteiger partial charge in [0.2, 0.25) is 5.43 Å². The van der Waals surface area contributed by atoms with Crippen LogP contribution in [-0.4, -0.2) is 5.11 Å². The van der Waals surface area contributed by atoms with Crippen molar-refractivity contribution in [2.75, 3.05) is 0 Å². The van der Waals surface area contributed by atoms with Crippen molar-refractivity contribution in [3.63, 3.8) is 0 Å². The van der Waals surface area contributed by atoms with E-state index in [0.717, 1.165) is 6.26 Å². The zero-order valence-electron chi connectivity index (χ0n) is 7.42. The summed E-state index contributed by atoms with van der Waals surface area (Å²) < 4.78 is 4.80. The van der Waals surface area contributed by atoms with Crippen LogP contribution in [0, 0.1) is 0 Å². The van der Waals surface area contributed by atoms with E-state index in [1.54, 1.807) is 0 Å². The summed E-state index contributed by atoms with van der Waals surface area (Å²) in [6, 6.07) is 0. The van der Waals surface area contributed by atoms with Crippen molar-refractivity contribution < 1.29 is 9.52 Å². The minimum absolute atomic E-state index is 0.292. The summed E-state index contributed by atoms with van der Waals surface area (Å²) in [5.41, 5.74) is -0.157. The molecule has 3 heteroatoms. The third-order valence-corrected chi connectivity index (χ3v) is 1.65. The molecule has 1 N–H and O–H groups in total. The van der Waals surface area contributed by atoms with Gasteiger partial charge in [-0.3, -0.25) is 4.79 Å². The largest absolute Gasteiger partial charge is 0.502 e. The summed E-state index contributed by atoms with van der Waals surface area (Å²) in [6.45, 7) is 5.66. The molecule has 1 rings (SSSR count). The van der Waals surface area contributed by atoms with Gasteiger partial charge in [0.15, 0.2) is 5.75 Å². The van der Waals surface area contributed by atoms with Gasteiger partial charge in [-0.2, -0.15) is 0 Å². The fraction of sp³-hybridized carbons (Fsp3) is 0.444. The fourth-order valence-corrected chi connectivity index (χ4v) is 0.929. The second-order valence-electron chi connectivity index (χ2n) is 3.75. The first kappa shape index (κ1) is 8.84. The van der Waals surface area contributed by atoms with E-state index in [0.29, 0.717) is 5.56 Å². The zero-order valence-corrected chi connectivity index (χ0v) is 7.42. The average Bonchev–Trinajstić information content (AvgIpc) is 1.92. The van der Waals surface area contributed by atoms with Crippen LogP contribution in [0.15, 0.2) is 21.7 Å². The van der Waals surface area contributed by atoms with E-state index in [2.05, 4.69) is 0 Å². The first-order valence-corrected chi connectivity index (χ1v) is 3.73. The second-order valence-corrected chi connectivity index (χ2v) is 3.75. The Balaban J connectivity index is 3.37. The Morgan fingerprint density at radius 1 is 1.33 bits per heavy atom. The Morgan fingerprint density at radius 3 is 2.33 bits per heavy atom. The summed E-state index contributed by atoms with van der Waals surface area (Å²) in [5, 5.41) is 9.06. The van der Waals surface area contributed by atoms with E-state index < -0.39 is 0 Å². The predicted molar refractivity (Wildman–Crippen MR) is 45.3 cm³/mol.